The first-order valence-corrected chi connectivity index (χ1v) is 15.0. The molecule has 0 aliphatic heterocycles. The SMILES string of the molecule is CC(C[C@@H](C1=C2CCC(=O)C=C2CCC1)c1ccc(C(=O)Nc2ccccn2)cc1)[C@H](C)CC[C@@](C)(O)C(F)(F)C(F)F. The normalized spacial score (nSPS) is 19.3. The number of pyridine rings is 1. The van der Waals surface area contributed by atoms with Crippen LogP contribution in [-0.4, -0.2) is 39.7 Å². The van der Waals surface area contributed by atoms with Gasteiger partial charge in [-0.2, -0.15) is 8.78 Å². The summed E-state index contributed by atoms with van der Waals surface area (Å²) in [5.74, 6) is -4.38. The van der Waals surface area contributed by atoms with E-state index in [9.17, 15) is 32.3 Å². The number of alkyl halides is 4. The van der Waals surface area contributed by atoms with Gasteiger partial charge in [0.1, 0.15) is 11.4 Å². The highest BCUT2D eigenvalue weighted by Gasteiger charge is 2.56. The summed E-state index contributed by atoms with van der Waals surface area (Å²) in [6, 6.07) is 12.7. The van der Waals surface area contributed by atoms with Crippen molar-refractivity contribution in [1.29, 1.82) is 0 Å². The van der Waals surface area contributed by atoms with Gasteiger partial charge in [-0.3, -0.25) is 9.59 Å². The number of nitrogens with one attached hydrogen (secondary N) is 1. The van der Waals surface area contributed by atoms with Crippen molar-refractivity contribution in [2.24, 2.45) is 11.8 Å². The van der Waals surface area contributed by atoms with Gasteiger partial charge in [-0.15, -0.1) is 0 Å². The van der Waals surface area contributed by atoms with Gasteiger partial charge in [0, 0.05) is 24.1 Å². The lowest BCUT2D eigenvalue weighted by molar-refractivity contribution is -0.239. The van der Waals surface area contributed by atoms with Gasteiger partial charge in [0.25, 0.3) is 5.91 Å². The van der Waals surface area contributed by atoms with Gasteiger partial charge in [-0.1, -0.05) is 37.6 Å². The van der Waals surface area contributed by atoms with Crippen LogP contribution in [0.2, 0.25) is 0 Å². The summed E-state index contributed by atoms with van der Waals surface area (Å²) in [4.78, 5) is 29.1. The molecule has 2 aromatic rings. The van der Waals surface area contributed by atoms with Crippen LogP contribution in [0.15, 0.2) is 71.5 Å². The second-order valence-corrected chi connectivity index (χ2v) is 12.3. The first kappa shape index (κ1) is 32.6. The fraction of sp³-hybridized carbons (Fsp3) is 0.500. The first-order valence-electron chi connectivity index (χ1n) is 15.0. The molecule has 0 spiro atoms. The summed E-state index contributed by atoms with van der Waals surface area (Å²) in [5.41, 5.74) is 2.22. The first-order chi connectivity index (χ1) is 20.3. The van der Waals surface area contributed by atoms with E-state index in [4.69, 9.17) is 0 Å². The second kappa shape index (κ2) is 13.5. The maximum atomic E-state index is 14.0. The van der Waals surface area contributed by atoms with Gasteiger partial charge in [-0.25, -0.2) is 13.8 Å². The van der Waals surface area contributed by atoms with Gasteiger partial charge < -0.3 is 10.4 Å². The Kier molecular flexibility index (Phi) is 10.3. The highest BCUT2D eigenvalue weighted by atomic mass is 19.3. The van der Waals surface area contributed by atoms with Crippen LogP contribution in [0.25, 0.3) is 0 Å². The highest BCUT2D eigenvalue weighted by Crippen LogP contribution is 2.46. The van der Waals surface area contributed by atoms with E-state index in [0.717, 1.165) is 37.3 Å². The summed E-state index contributed by atoms with van der Waals surface area (Å²) in [6.45, 7) is 4.69. The zero-order valence-electron chi connectivity index (χ0n) is 24.9. The smallest absolute Gasteiger partial charge is 0.335 e. The quantitative estimate of drug-likeness (QED) is 0.240. The molecule has 0 radical (unpaired) electrons. The summed E-state index contributed by atoms with van der Waals surface area (Å²) in [6.07, 6.45) is 3.53. The molecule has 4 rings (SSSR count). The molecule has 0 fully saturated rings. The topological polar surface area (TPSA) is 79.3 Å². The third-order valence-electron chi connectivity index (χ3n) is 9.18. The predicted molar refractivity (Wildman–Crippen MR) is 158 cm³/mol. The van der Waals surface area contributed by atoms with E-state index in [2.05, 4.69) is 10.3 Å². The van der Waals surface area contributed by atoms with Crippen LogP contribution >= 0.6 is 0 Å². The largest absolute Gasteiger partial charge is 0.384 e. The van der Waals surface area contributed by atoms with E-state index >= 15 is 0 Å². The molecule has 43 heavy (non-hydrogen) atoms. The van der Waals surface area contributed by atoms with Crippen molar-refractivity contribution < 1.29 is 32.3 Å². The van der Waals surface area contributed by atoms with Crippen LogP contribution in [0.1, 0.15) is 94.0 Å². The number of hydrogen-bond acceptors (Lipinski definition) is 4. The monoisotopic (exact) mass is 600 g/mol. The third-order valence-corrected chi connectivity index (χ3v) is 9.18. The van der Waals surface area contributed by atoms with Crippen molar-refractivity contribution in [3.8, 4) is 0 Å². The van der Waals surface area contributed by atoms with Crippen LogP contribution in [0.5, 0.6) is 0 Å². The molecule has 5 nitrogen and oxygen atoms in total. The predicted octanol–water partition coefficient (Wildman–Crippen LogP) is 8.28. The summed E-state index contributed by atoms with van der Waals surface area (Å²) in [5, 5.41) is 13.0. The summed E-state index contributed by atoms with van der Waals surface area (Å²) >= 11 is 0. The van der Waals surface area contributed by atoms with Crippen molar-refractivity contribution in [3.63, 3.8) is 0 Å². The van der Waals surface area contributed by atoms with Crippen LogP contribution in [0.4, 0.5) is 23.4 Å². The number of hydrogen-bond donors (Lipinski definition) is 2. The number of fused-ring (bicyclic) bond motifs is 1. The number of carbonyl (C=O) groups excluding carboxylic acids is 2. The molecule has 1 amide bonds. The maximum Gasteiger partial charge on any atom is 0.335 e. The number of aromatic nitrogens is 1. The molecule has 2 N–H and O–H groups in total. The van der Waals surface area contributed by atoms with E-state index < -0.39 is 24.4 Å². The molecule has 2 aliphatic carbocycles. The van der Waals surface area contributed by atoms with Crippen LogP contribution in [0.3, 0.4) is 0 Å². The molecule has 2 aliphatic rings. The van der Waals surface area contributed by atoms with E-state index in [0.29, 0.717) is 30.6 Å². The molecule has 0 bridgehead atoms. The molecule has 0 saturated heterocycles. The number of aliphatic hydroxyl groups is 1. The Hall–Kier alpha value is -3.33. The highest BCUT2D eigenvalue weighted by molar-refractivity contribution is 6.03. The number of amides is 1. The fourth-order valence-electron chi connectivity index (χ4n) is 6.13. The number of rotatable bonds is 12. The lowest BCUT2D eigenvalue weighted by atomic mass is 9.71. The van der Waals surface area contributed by atoms with E-state index in [-0.39, 0.29) is 35.9 Å². The Balaban J connectivity index is 1.58. The Labute approximate surface area is 250 Å². The molecule has 1 heterocycles. The Bertz CT molecular complexity index is 1350. The van der Waals surface area contributed by atoms with E-state index in [1.165, 1.54) is 11.1 Å². The van der Waals surface area contributed by atoms with E-state index in [1.807, 2.05) is 26.0 Å². The standard InChI is InChI=1S/C34H40F4N2O3/c1-21(16-17-33(3,43)34(37,38)32(35)36)22(2)19-29(28-8-6-7-25-20-26(41)14-15-27(25)28)23-10-12-24(13-11-23)31(42)40-30-9-4-5-18-39-30/h4-5,9-13,18,20-22,29,32,43H,6-8,14-17,19H2,1-3H3,(H,39,40,42)/t21-,22?,29-,33-/m1/s1. The van der Waals surface area contributed by atoms with Gasteiger partial charge in [-0.05, 0) is 111 Å². The minimum atomic E-state index is -4.50. The Morgan fingerprint density at radius 1 is 1.02 bits per heavy atom. The number of nitrogens with zero attached hydrogens (tertiary/aromatic N) is 1. The number of anilines is 1. The number of ketones is 1. The maximum absolute atomic E-state index is 14.0. The van der Waals surface area contributed by atoms with Gasteiger partial charge in [0.15, 0.2) is 5.78 Å². The van der Waals surface area contributed by atoms with Gasteiger partial charge in [0.05, 0.1) is 0 Å². The van der Waals surface area contributed by atoms with Crippen LogP contribution < -0.4 is 5.32 Å². The minimum Gasteiger partial charge on any atom is -0.384 e. The minimum absolute atomic E-state index is 0.000723. The summed E-state index contributed by atoms with van der Waals surface area (Å²) in [7, 11) is 0. The van der Waals surface area contributed by atoms with Crippen molar-refractivity contribution in [2.75, 3.05) is 5.32 Å². The molecule has 0 saturated carbocycles. The molecule has 1 aromatic carbocycles. The Morgan fingerprint density at radius 3 is 2.40 bits per heavy atom. The number of halogens is 4. The number of allylic oxidation sites excluding steroid dienone is 4. The van der Waals surface area contributed by atoms with Crippen molar-refractivity contribution in [3.05, 3.63) is 82.6 Å². The van der Waals surface area contributed by atoms with Crippen molar-refractivity contribution in [2.45, 2.75) is 96.0 Å². The lowest BCUT2D eigenvalue weighted by Gasteiger charge is -2.35. The average molecular weight is 601 g/mol. The fourth-order valence-corrected chi connectivity index (χ4v) is 6.13. The van der Waals surface area contributed by atoms with Crippen LogP contribution in [0, 0.1) is 11.8 Å². The molecule has 1 aromatic heterocycles. The van der Waals surface area contributed by atoms with Crippen molar-refractivity contribution in [1.82, 2.24) is 4.98 Å². The molecule has 1 unspecified atom stereocenters. The molecular weight excluding hydrogens is 560 g/mol. The van der Waals surface area contributed by atoms with E-state index in [1.54, 1.807) is 42.6 Å². The summed E-state index contributed by atoms with van der Waals surface area (Å²) < 4.78 is 53.8. The average Bonchev–Trinajstić information content (AvgIpc) is 2.98. The molecule has 4 atom stereocenters. The zero-order valence-corrected chi connectivity index (χ0v) is 24.9. The van der Waals surface area contributed by atoms with Crippen molar-refractivity contribution >= 4 is 17.5 Å². The second-order valence-electron chi connectivity index (χ2n) is 12.3. The molecule has 232 valence electrons. The van der Waals surface area contributed by atoms with Gasteiger partial charge in [0.2, 0.25) is 0 Å². The number of carbonyl (C=O) groups is 2. The third kappa shape index (κ3) is 7.61. The number of benzene rings is 1. The van der Waals surface area contributed by atoms with Gasteiger partial charge >= 0.3 is 12.3 Å². The van der Waals surface area contributed by atoms with Crippen LogP contribution in [-0.2, 0) is 4.79 Å². The Morgan fingerprint density at radius 2 is 1.74 bits per heavy atom. The zero-order chi connectivity index (χ0) is 31.4. The molecular formula is C34H40F4N2O3. The lowest BCUT2D eigenvalue weighted by Crippen LogP contribution is -2.50. The molecule has 9 heteroatoms.